The van der Waals surface area contributed by atoms with Crippen molar-refractivity contribution in [3.05, 3.63) is 60.0 Å². The Balaban J connectivity index is 1.46. The van der Waals surface area contributed by atoms with E-state index in [1.54, 1.807) is 13.0 Å². The number of amides is 1. The highest BCUT2D eigenvalue weighted by Gasteiger charge is 2.19. The minimum atomic E-state index is -0.945. The second-order valence-corrected chi connectivity index (χ2v) is 6.09. The van der Waals surface area contributed by atoms with Crippen molar-refractivity contribution in [3.63, 3.8) is 0 Å². The smallest absolute Gasteiger partial charge is 0.307 e. The number of ether oxygens (including phenoxy) is 1. The average Bonchev–Trinajstić information content (AvgIpc) is 3.29. The molecule has 0 aliphatic carbocycles. The molecule has 0 saturated carbocycles. The van der Waals surface area contributed by atoms with Crippen LogP contribution in [-0.2, 0) is 20.7 Å². The average molecular weight is 368 g/mol. The minimum absolute atomic E-state index is 0.112. The van der Waals surface area contributed by atoms with Crippen LogP contribution < -0.4 is 5.32 Å². The molecule has 7 nitrogen and oxygen atoms in total. The van der Waals surface area contributed by atoms with Gasteiger partial charge in [-0.15, -0.1) is 0 Å². The number of aryl methyl sites for hydroxylation is 2. The summed E-state index contributed by atoms with van der Waals surface area (Å²) in [7, 11) is 0. The number of hydrogen-bond acceptors (Lipinski definition) is 6. The standard InChI is InChI=1S/C20H20N2O5/c1-13-12-18(27-22-13)21-20(24)14(2)25-19(23)11-9-16-8-10-17(26-16)15-6-4-3-5-7-15/h3-8,10,12,14H,9,11H2,1-2H3,(H,21,24). The predicted octanol–water partition coefficient (Wildman–Crippen LogP) is 3.75. The van der Waals surface area contributed by atoms with Gasteiger partial charge in [0.05, 0.1) is 12.1 Å². The van der Waals surface area contributed by atoms with E-state index >= 15 is 0 Å². The Hall–Kier alpha value is -3.35. The maximum atomic E-state index is 12.0. The number of rotatable bonds is 7. The Morgan fingerprint density at radius 2 is 1.96 bits per heavy atom. The van der Waals surface area contributed by atoms with E-state index in [9.17, 15) is 9.59 Å². The monoisotopic (exact) mass is 368 g/mol. The van der Waals surface area contributed by atoms with Gasteiger partial charge < -0.3 is 13.7 Å². The fourth-order valence-electron chi connectivity index (χ4n) is 2.45. The summed E-state index contributed by atoms with van der Waals surface area (Å²) in [5.41, 5.74) is 1.61. The number of nitrogens with one attached hydrogen (secondary N) is 1. The van der Waals surface area contributed by atoms with Crippen LogP contribution in [0.1, 0.15) is 24.8 Å². The first-order valence-corrected chi connectivity index (χ1v) is 8.59. The molecule has 1 N–H and O–H groups in total. The summed E-state index contributed by atoms with van der Waals surface area (Å²) >= 11 is 0. The van der Waals surface area contributed by atoms with Gasteiger partial charge in [-0.2, -0.15) is 0 Å². The van der Waals surface area contributed by atoms with Crippen molar-refractivity contribution in [2.24, 2.45) is 0 Å². The Bertz CT molecular complexity index is 913. The molecule has 0 saturated heterocycles. The Kier molecular flexibility index (Phi) is 5.71. The van der Waals surface area contributed by atoms with E-state index in [1.807, 2.05) is 42.5 Å². The van der Waals surface area contributed by atoms with E-state index in [1.165, 1.54) is 6.92 Å². The zero-order chi connectivity index (χ0) is 19.2. The van der Waals surface area contributed by atoms with E-state index in [-0.39, 0.29) is 12.3 Å². The van der Waals surface area contributed by atoms with E-state index in [2.05, 4.69) is 10.5 Å². The maximum Gasteiger partial charge on any atom is 0.307 e. The molecule has 1 amide bonds. The fraction of sp³-hybridized carbons (Fsp3) is 0.250. The molecule has 3 aromatic rings. The van der Waals surface area contributed by atoms with Gasteiger partial charge >= 0.3 is 5.97 Å². The minimum Gasteiger partial charge on any atom is -0.461 e. The summed E-state index contributed by atoms with van der Waals surface area (Å²) in [5.74, 6) is 0.673. The number of esters is 1. The number of carbonyl (C=O) groups is 2. The van der Waals surface area contributed by atoms with Crippen molar-refractivity contribution < 1.29 is 23.3 Å². The largest absolute Gasteiger partial charge is 0.461 e. The number of aromatic nitrogens is 1. The molecule has 0 fully saturated rings. The Labute approximate surface area is 156 Å². The van der Waals surface area contributed by atoms with Gasteiger partial charge in [-0.1, -0.05) is 35.5 Å². The van der Waals surface area contributed by atoms with Crippen LogP contribution in [0.3, 0.4) is 0 Å². The maximum absolute atomic E-state index is 12.0. The summed E-state index contributed by atoms with van der Waals surface area (Å²) in [6.07, 6.45) is -0.443. The van der Waals surface area contributed by atoms with Gasteiger partial charge in [0.15, 0.2) is 6.10 Å². The number of nitrogens with zero attached hydrogens (tertiary/aromatic N) is 1. The molecule has 1 aromatic carbocycles. The third-order valence-corrected chi connectivity index (χ3v) is 3.85. The van der Waals surface area contributed by atoms with Crippen molar-refractivity contribution >= 4 is 17.8 Å². The second kappa shape index (κ2) is 8.35. The number of hydrogen-bond donors (Lipinski definition) is 1. The lowest BCUT2D eigenvalue weighted by Gasteiger charge is -2.11. The van der Waals surface area contributed by atoms with Crippen molar-refractivity contribution in [2.75, 3.05) is 5.32 Å². The predicted molar refractivity (Wildman–Crippen MR) is 97.9 cm³/mol. The third kappa shape index (κ3) is 5.07. The van der Waals surface area contributed by atoms with Crippen LogP contribution in [0.15, 0.2) is 57.5 Å². The molecule has 7 heteroatoms. The van der Waals surface area contributed by atoms with Gasteiger partial charge in [0.1, 0.15) is 11.5 Å². The zero-order valence-corrected chi connectivity index (χ0v) is 15.1. The van der Waals surface area contributed by atoms with E-state index in [4.69, 9.17) is 13.7 Å². The van der Waals surface area contributed by atoms with Crippen molar-refractivity contribution in [3.8, 4) is 11.3 Å². The van der Waals surface area contributed by atoms with E-state index < -0.39 is 18.0 Å². The molecule has 27 heavy (non-hydrogen) atoms. The number of carbonyl (C=O) groups excluding carboxylic acids is 2. The molecule has 0 aliphatic rings. The van der Waals surface area contributed by atoms with Crippen molar-refractivity contribution in [1.82, 2.24) is 5.16 Å². The number of furan rings is 1. The molecule has 140 valence electrons. The summed E-state index contributed by atoms with van der Waals surface area (Å²) in [6, 6.07) is 15.0. The lowest BCUT2D eigenvalue weighted by Crippen LogP contribution is -2.29. The molecule has 2 heterocycles. The first kappa shape index (κ1) is 18.4. The van der Waals surface area contributed by atoms with E-state index in [0.29, 0.717) is 17.9 Å². The summed E-state index contributed by atoms with van der Waals surface area (Å²) < 4.78 is 15.8. The van der Waals surface area contributed by atoms with Gasteiger partial charge in [-0.3, -0.25) is 14.9 Å². The van der Waals surface area contributed by atoms with Crippen LogP contribution >= 0.6 is 0 Å². The lowest BCUT2D eigenvalue weighted by atomic mass is 10.2. The van der Waals surface area contributed by atoms with Gasteiger partial charge in [0, 0.05) is 18.1 Å². The first-order valence-electron chi connectivity index (χ1n) is 8.59. The molecule has 1 atom stereocenters. The normalized spacial score (nSPS) is 11.8. The van der Waals surface area contributed by atoms with Crippen LogP contribution in [-0.4, -0.2) is 23.1 Å². The molecule has 3 rings (SSSR count). The van der Waals surface area contributed by atoms with Gasteiger partial charge in [-0.25, -0.2) is 0 Å². The quantitative estimate of drug-likeness (QED) is 0.638. The van der Waals surface area contributed by atoms with Crippen LogP contribution in [0, 0.1) is 6.92 Å². The highest BCUT2D eigenvalue weighted by molar-refractivity contribution is 5.94. The summed E-state index contributed by atoms with van der Waals surface area (Å²) in [6.45, 7) is 3.23. The highest BCUT2D eigenvalue weighted by atomic mass is 16.5. The van der Waals surface area contributed by atoms with Gasteiger partial charge in [-0.05, 0) is 26.0 Å². The molecule has 2 aromatic heterocycles. The van der Waals surface area contributed by atoms with Gasteiger partial charge in [0.25, 0.3) is 5.91 Å². The number of benzene rings is 1. The fourth-order valence-corrected chi connectivity index (χ4v) is 2.45. The summed E-state index contributed by atoms with van der Waals surface area (Å²) in [4.78, 5) is 24.0. The molecule has 0 bridgehead atoms. The topological polar surface area (TPSA) is 94.6 Å². The lowest BCUT2D eigenvalue weighted by molar-refractivity contribution is -0.153. The van der Waals surface area contributed by atoms with Crippen LogP contribution in [0.5, 0.6) is 0 Å². The first-order chi connectivity index (χ1) is 13.0. The van der Waals surface area contributed by atoms with Crippen molar-refractivity contribution in [2.45, 2.75) is 32.8 Å². The van der Waals surface area contributed by atoms with Crippen molar-refractivity contribution in [1.29, 1.82) is 0 Å². The van der Waals surface area contributed by atoms with Crippen LogP contribution in [0.25, 0.3) is 11.3 Å². The van der Waals surface area contributed by atoms with Crippen LogP contribution in [0.4, 0.5) is 5.88 Å². The molecule has 0 radical (unpaired) electrons. The molecule has 1 unspecified atom stereocenters. The second-order valence-electron chi connectivity index (χ2n) is 6.09. The Morgan fingerprint density at radius 1 is 1.19 bits per heavy atom. The third-order valence-electron chi connectivity index (χ3n) is 3.85. The molecular formula is C20H20N2O5. The molecule has 0 spiro atoms. The molecular weight excluding hydrogens is 348 g/mol. The van der Waals surface area contributed by atoms with Gasteiger partial charge in [0.2, 0.25) is 5.88 Å². The summed E-state index contributed by atoms with van der Waals surface area (Å²) in [5, 5.41) is 6.17. The highest BCUT2D eigenvalue weighted by Crippen LogP contribution is 2.22. The van der Waals surface area contributed by atoms with E-state index in [0.717, 1.165) is 11.3 Å². The van der Waals surface area contributed by atoms with Crippen LogP contribution in [0.2, 0.25) is 0 Å². The number of anilines is 1. The SMILES string of the molecule is Cc1cc(NC(=O)C(C)OC(=O)CCc2ccc(-c3ccccc3)o2)on1. The molecule has 0 aliphatic heterocycles. The zero-order valence-electron chi connectivity index (χ0n) is 15.1. The Morgan fingerprint density at radius 3 is 2.67 bits per heavy atom.